The predicted molar refractivity (Wildman–Crippen MR) is 50.8 cm³/mol. The van der Waals surface area contributed by atoms with E-state index in [9.17, 15) is 4.79 Å². The van der Waals surface area contributed by atoms with E-state index in [1.54, 1.807) is 0 Å². The molecule has 0 N–H and O–H groups in total. The monoisotopic (exact) mass is 379 g/mol. The van der Waals surface area contributed by atoms with Crippen LogP contribution in [0.25, 0.3) is 0 Å². The summed E-state index contributed by atoms with van der Waals surface area (Å²) in [7, 11) is 0. The van der Waals surface area contributed by atoms with Crippen molar-refractivity contribution < 1.29 is 34.0 Å². The second-order valence-corrected chi connectivity index (χ2v) is 4.67. The number of hydrogen-bond donors (Lipinski definition) is 0. The van der Waals surface area contributed by atoms with Crippen LogP contribution in [-0.4, -0.2) is 5.97 Å². The molecule has 0 saturated heterocycles. The predicted octanol–water partition coefficient (Wildman–Crippen LogP) is 2.54. The van der Waals surface area contributed by atoms with Gasteiger partial charge >= 0.3 is 102 Å². The van der Waals surface area contributed by atoms with E-state index in [1.165, 1.54) is 11.1 Å². The van der Waals surface area contributed by atoms with Crippen LogP contribution in [0.1, 0.15) is 32.6 Å². The zero-order chi connectivity index (χ0) is 10.9. The Labute approximate surface area is 101 Å². The molecule has 0 fully saturated rings. The molecular weight excluding hydrogens is 365 g/mol. The molecule has 0 aliphatic carbocycles. The first kappa shape index (κ1) is 11.7. The van der Waals surface area contributed by atoms with Crippen molar-refractivity contribution in [3.05, 3.63) is 33.9 Å². The van der Waals surface area contributed by atoms with Crippen molar-refractivity contribution in [3.8, 4) is 0 Å². The topological polar surface area (TPSA) is 26.3 Å². The Morgan fingerprint density at radius 3 is 2.21 bits per heavy atom. The molecule has 0 radical (unpaired) electrons. The Bertz CT molecular complexity index is 383. The number of carbonyl (C=O) groups excluding carboxylic acids is 1. The van der Waals surface area contributed by atoms with Gasteiger partial charge in [-0.25, -0.2) is 0 Å². The van der Waals surface area contributed by atoms with Crippen molar-refractivity contribution >= 4 is 5.97 Å². The summed E-state index contributed by atoms with van der Waals surface area (Å²) < 4.78 is 4.92. The van der Waals surface area contributed by atoms with Crippen molar-refractivity contribution in [2.45, 2.75) is 27.7 Å². The summed E-state index contributed by atoms with van der Waals surface area (Å²) in [5.41, 5.74) is 5.38. The fourth-order valence-electron chi connectivity index (χ4n) is 1.50. The van der Waals surface area contributed by atoms with E-state index >= 15 is 0 Å². The Hall–Kier alpha value is -0.375. The van der Waals surface area contributed by atoms with Gasteiger partial charge in [0.2, 0.25) is 0 Å². The number of aryl methyl sites for hydroxylation is 1. The molecule has 0 spiro atoms. The van der Waals surface area contributed by atoms with Gasteiger partial charge in [-0.05, 0) is 0 Å². The third-order valence-electron chi connectivity index (χ3n) is 2.83. The van der Waals surface area contributed by atoms with Crippen LogP contribution in [0.4, 0.5) is 0 Å². The van der Waals surface area contributed by atoms with Crippen LogP contribution in [0.5, 0.6) is 0 Å². The SMILES string of the molecule is Cc1cc(C(=O)[O][Hg])c(C)c(C)c1C. The number of benzene rings is 1. The molecule has 14 heavy (non-hydrogen) atoms. The summed E-state index contributed by atoms with van der Waals surface area (Å²) in [5.74, 6) is -0.169. The molecule has 0 atom stereocenters. The van der Waals surface area contributed by atoms with Crippen molar-refractivity contribution in [3.63, 3.8) is 0 Å². The summed E-state index contributed by atoms with van der Waals surface area (Å²) in [6, 6.07) is 1.92. The van der Waals surface area contributed by atoms with Gasteiger partial charge in [-0.15, -0.1) is 0 Å². The summed E-state index contributed by atoms with van der Waals surface area (Å²) in [5, 5.41) is 0. The average molecular weight is 378 g/mol. The van der Waals surface area contributed by atoms with Gasteiger partial charge in [-0.3, -0.25) is 0 Å². The van der Waals surface area contributed by atoms with Crippen LogP contribution in [0, 0.1) is 27.7 Å². The molecule has 0 unspecified atom stereocenters. The van der Waals surface area contributed by atoms with Gasteiger partial charge in [0.05, 0.1) is 0 Å². The Kier molecular flexibility index (Phi) is 3.70. The minimum absolute atomic E-state index is 0.0664. The molecular formula is C11H13HgO2. The summed E-state index contributed by atoms with van der Waals surface area (Å²) >= 11 is 0.0664. The Morgan fingerprint density at radius 2 is 1.71 bits per heavy atom. The second-order valence-electron chi connectivity index (χ2n) is 3.55. The van der Waals surface area contributed by atoms with Crippen molar-refractivity contribution in [2.24, 2.45) is 0 Å². The van der Waals surface area contributed by atoms with Crippen LogP contribution >= 0.6 is 0 Å². The molecule has 0 amide bonds. The van der Waals surface area contributed by atoms with E-state index in [1.807, 2.05) is 26.8 Å². The number of carbonyl (C=O) groups is 1. The molecule has 0 aromatic heterocycles. The molecule has 0 heterocycles. The van der Waals surface area contributed by atoms with Gasteiger partial charge < -0.3 is 0 Å². The molecule has 2 nitrogen and oxygen atoms in total. The fraction of sp³-hybridized carbons (Fsp3) is 0.364. The van der Waals surface area contributed by atoms with Crippen LogP contribution in [0.3, 0.4) is 0 Å². The van der Waals surface area contributed by atoms with E-state index in [2.05, 4.69) is 6.92 Å². The normalized spacial score (nSPS) is 10.1. The van der Waals surface area contributed by atoms with Gasteiger partial charge in [0.15, 0.2) is 0 Å². The fourth-order valence-corrected chi connectivity index (χ4v) is 2.11. The summed E-state index contributed by atoms with van der Waals surface area (Å²) in [6.45, 7) is 8.13. The average Bonchev–Trinajstić information content (AvgIpc) is 2.19. The molecule has 1 aromatic rings. The molecule has 71 valence electrons. The standard InChI is InChI=1S/C11H14O2.Hg/c1-6-5-10(11(12)13)9(4)8(3)7(6)2;/h5H,1-4H3,(H,12,13);/q;+1/p-1. The number of hydrogen-bond acceptors (Lipinski definition) is 2. The zero-order valence-corrected chi connectivity index (χ0v) is 14.6. The second kappa shape index (κ2) is 4.43. The van der Waals surface area contributed by atoms with E-state index < -0.39 is 0 Å². The zero-order valence-electron chi connectivity index (χ0n) is 9.10. The van der Waals surface area contributed by atoms with E-state index in [0.717, 1.165) is 16.7 Å². The molecule has 0 bridgehead atoms. The quantitative estimate of drug-likeness (QED) is 0.703. The molecule has 3 heteroatoms. The van der Waals surface area contributed by atoms with Crippen LogP contribution in [0.2, 0.25) is 0 Å². The maximum atomic E-state index is 11.5. The molecule has 1 rings (SSSR count). The molecule has 0 saturated carbocycles. The molecule has 0 aliphatic heterocycles. The van der Waals surface area contributed by atoms with Crippen LogP contribution < -0.4 is 0 Å². The van der Waals surface area contributed by atoms with Crippen molar-refractivity contribution in [1.29, 1.82) is 0 Å². The van der Waals surface area contributed by atoms with Gasteiger partial charge in [0, 0.05) is 0 Å². The van der Waals surface area contributed by atoms with Crippen molar-refractivity contribution in [1.82, 2.24) is 0 Å². The van der Waals surface area contributed by atoms with Gasteiger partial charge in [-0.1, -0.05) is 0 Å². The third-order valence-corrected chi connectivity index (χ3v) is 3.85. The van der Waals surface area contributed by atoms with Gasteiger partial charge in [0.1, 0.15) is 0 Å². The van der Waals surface area contributed by atoms with Crippen molar-refractivity contribution in [2.75, 3.05) is 0 Å². The van der Waals surface area contributed by atoms with Gasteiger partial charge in [-0.2, -0.15) is 0 Å². The van der Waals surface area contributed by atoms with E-state index in [4.69, 9.17) is 2.64 Å². The van der Waals surface area contributed by atoms with E-state index in [0.29, 0.717) is 0 Å². The molecule has 0 aliphatic rings. The first-order chi connectivity index (χ1) is 6.49. The first-order valence-electron chi connectivity index (χ1n) is 4.52. The summed E-state index contributed by atoms with van der Waals surface area (Å²) in [6.07, 6.45) is 0. The third kappa shape index (κ3) is 2.00. The number of rotatable bonds is 1. The summed E-state index contributed by atoms with van der Waals surface area (Å²) in [4.78, 5) is 11.5. The van der Waals surface area contributed by atoms with Crippen LogP contribution in [-0.2, 0) is 29.2 Å². The maximum absolute atomic E-state index is 11.5. The minimum atomic E-state index is -0.169. The molecule has 1 aromatic carbocycles. The van der Waals surface area contributed by atoms with E-state index in [-0.39, 0.29) is 32.5 Å². The van der Waals surface area contributed by atoms with Gasteiger partial charge in [0.25, 0.3) is 0 Å². The Morgan fingerprint density at radius 1 is 1.14 bits per heavy atom. The first-order valence-corrected chi connectivity index (χ1v) is 6.77. The Balaban J connectivity index is 3.40. The van der Waals surface area contributed by atoms with Crippen LogP contribution in [0.15, 0.2) is 6.07 Å².